The summed E-state index contributed by atoms with van der Waals surface area (Å²) in [7, 11) is 0. The molecule has 2 N–H and O–H groups in total. The van der Waals surface area contributed by atoms with Crippen molar-refractivity contribution in [2.75, 3.05) is 5.32 Å². The van der Waals surface area contributed by atoms with Crippen molar-refractivity contribution < 1.29 is 13.6 Å². The number of fused-ring (bicyclic) bond motifs is 1. The van der Waals surface area contributed by atoms with Crippen molar-refractivity contribution in [3.8, 4) is 22.8 Å². The Kier molecular flexibility index (Phi) is 6.49. The summed E-state index contributed by atoms with van der Waals surface area (Å²) in [5.41, 5.74) is 3.23. The molecule has 1 amide bonds. The predicted molar refractivity (Wildman–Crippen MR) is 142 cm³/mol. The van der Waals surface area contributed by atoms with Crippen molar-refractivity contribution >= 4 is 74.8 Å². The molecule has 6 nitrogen and oxygen atoms in total. The van der Waals surface area contributed by atoms with Crippen LogP contribution in [0.4, 0.5) is 5.69 Å². The molecule has 35 heavy (non-hydrogen) atoms. The van der Waals surface area contributed by atoms with E-state index in [9.17, 15) is 4.79 Å². The Balaban J connectivity index is 1.28. The number of oxazole rings is 1. The molecule has 0 saturated heterocycles. The van der Waals surface area contributed by atoms with Crippen molar-refractivity contribution in [2.45, 2.75) is 0 Å². The molecular weight excluding hydrogens is 529 g/mol. The second-order valence-electron chi connectivity index (χ2n) is 7.39. The van der Waals surface area contributed by atoms with Gasteiger partial charge < -0.3 is 14.2 Å². The monoisotopic (exact) mass is 541 g/mol. The minimum atomic E-state index is -0.515. The molecule has 174 valence electrons. The number of furan rings is 1. The van der Waals surface area contributed by atoms with Crippen LogP contribution in [0.2, 0.25) is 15.1 Å². The van der Waals surface area contributed by atoms with Gasteiger partial charge in [-0.3, -0.25) is 10.1 Å². The van der Waals surface area contributed by atoms with Crippen LogP contribution in [0, 0.1) is 0 Å². The Hall–Kier alpha value is -3.36. The molecule has 0 unspecified atom stereocenters. The lowest BCUT2D eigenvalue weighted by Crippen LogP contribution is -2.33. The molecule has 0 bridgehead atoms. The third-order valence-corrected chi connectivity index (χ3v) is 6.25. The van der Waals surface area contributed by atoms with Crippen LogP contribution in [-0.4, -0.2) is 16.0 Å². The van der Waals surface area contributed by atoms with Gasteiger partial charge in [-0.05, 0) is 72.9 Å². The number of halogens is 3. The number of rotatable bonds is 4. The van der Waals surface area contributed by atoms with Gasteiger partial charge in [0.05, 0.1) is 10.0 Å². The summed E-state index contributed by atoms with van der Waals surface area (Å²) >= 11 is 23.6. The maximum absolute atomic E-state index is 12.6. The summed E-state index contributed by atoms with van der Waals surface area (Å²) in [5, 5.41) is 6.98. The molecule has 0 spiro atoms. The largest absolute Gasteiger partial charge is 0.451 e. The summed E-state index contributed by atoms with van der Waals surface area (Å²) in [6, 6.07) is 20.8. The van der Waals surface area contributed by atoms with Gasteiger partial charge in [0.2, 0.25) is 5.89 Å². The van der Waals surface area contributed by atoms with Crippen LogP contribution in [-0.2, 0) is 0 Å². The first-order valence-electron chi connectivity index (χ1n) is 10.2. The van der Waals surface area contributed by atoms with Crippen molar-refractivity contribution in [2.24, 2.45) is 0 Å². The highest BCUT2D eigenvalue weighted by molar-refractivity contribution is 7.80. The minimum absolute atomic E-state index is 0.0686. The SMILES string of the molecule is O=C(NC(=S)Nc1cccc(-c2nc3cc(Cl)ccc3o2)c1)c1ccc(-c2cccc(Cl)c2Cl)o1. The van der Waals surface area contributed by atoms with E-state index in [2.05, 4.69) is 15.6 Å². The lowest BCUT2D eigenvalue weighted by atomic mass is 10.2. The highest BCUT2D eigenvalue weighted by atomic mass is 35.5. The number of carbonyl (C=O) groups is 1. The lowest BCUT2D eigenvalue weighted by molar-refractivity contribution is 0.0951. The van der Waals surface area contributed by atoms with E-state index in [1.807, 2.05) is 12.1 Å². The standard InChI is InChI=1S/C25H14Cl3N3O3S/c26-14-7-8-20-18(12-14)30-24(34-20)13-3-1-4-15(11-13)29-25(35)31-23(32)21-10-9-19(33-21)16-5-2-6-17(27)22(16)28/h1-12H,(H2,29,31,32,35). The third kappa shape index (κ3) is 5.04. The van der Waals surface area contributed by atoms with Crippen LogP contribution in [0.1, 0.15) is 10.6 Å². The summed E-state index contributed by atoms with van der Waals surface area (Å²) in [6.07, 6.45) is 0. The van der Waals surface area contributed by atoms with E-state index in [1.165, 1.54) is 6.07 Å². The molecule has 0 saturated carbocycles. The molecule has 2 aromatic heterocycles. The number of hydrogen-bond donors (Lipinski definition) is 2. The first kappa shape index (κ1) is 23.4. The highest BCUT2D eigenvalue weighted by Crippen LogP contribution is 2.34. The molecule has 2 heterocycles. The van der Waals surface area contributed by atoms with Crippen molar-refractivity contribution in [1.82, 2.24) is 10.3 Å². The molecule has 0 aliphatic rings. The Bertz CT molecular complexity index is 1600. The number of anilines is 1. The van der Waals surface area contributed by atoms with Gasteiger partial charge in [0.25, 0.3) is 5.91 Å². The van der Waals surface area contributed by atoms with Gasteiger partial charge in [-0.25, -0.2) is 4.98 Å². The summed E-state index contributed by atoms with van der Waals surface area (Å²) in [4.78, 5) is 17.1. The highest BCUT2D eigenvalue weighted by Gasteiger charge is 2.16. The fourth-order valence-corrected chi connectivity index (χ4v) is 4.15. The van der Waals surface area contributed by atoms with E-state index in [0.717, 1.165) is 5.56 Å². The number of hydrogen-bond acceptors (Lipinski definition) is 5. The van der Waals surface area contributed by atoms with Crippen LogP contribution in [0.5, 0.6) is 0 Å². The van der Waals surface area contributed by atoms with Gasteiger partial charge in [0, 0.05) is 21.8 Å². The van der Waals surface area contributed by atoms with Gasteiger partial charge >= 0.3 is 0 Å². The first-order valence-corrected chi connectivity index (χ1v) is 11.7. The number of amides is 1. The average Bonchev–Trinajstić information content (AvgIpc) is 3.48. The van der Waals surface area contributed by atoms with Crippen molar-refractivity contribution in [1.29, 1.82) is 0 Å². The van der Waals surface area contributed by atoms with Crippen LogP contribution in [0.3, 0.4) is 0 Å². The van der Waals surface area contributed by atoms with Gasteiger partial charge in [-0.15, -0.1) is 0 Å². The molecule has 3 aromatic carbocycles. The summed E-state index contributed by atoms with van der Waals surface area (Å²) in [5.74, 6) is 0.399. The van der Waals surface area contributed by atoms with E-state index >= 15 is 0 Å². The van der Waals surface area contributed by atoms with E-state index in [4.69, 9.17) is 55.9 Å². The smallest absolute Gasteiger partial charge is 0.293 e. The van der Waals surface area contributed by atoms with E-state index in [1.54, 1.807) is 54.6 Å². The molecule has 5 aromatic rings. The fraction of sp³-hybridized carbons (Fsp3) is 0. The molecule has 0 aliphatic heterocycles. The van der Waals surface area contributed by atoms with Gasteiger partial charge in [0.1, 0.15) is 11.3 Å². The van der Waals surface area contributed by atoms with E-state index < -0.39 is 5.91 Å². The minimum Gasteiger partial charge on any atom is -0.451 e. The van der Waals surface area contributed by atoms with Crippen LogP contribution >= 0.6 is 47.0 Å². The Labute approximate surface area is 219 Å². The zero-order valence-corrected chi connectivity index (χ0v) is 20.7. The first-order chi connectivity index (χ1) is 16.9. The van der Waals surface area contributed by atoms with Crippen LogP contribution < -0.4 is 10.6 Å². The molecular formula is C25H14Cl3N3O3S. The number of benzene rings is 3. The topological polar surface area (TPSA) is 80.3 Å². The lowest BCUT2D eigenvalue weighted by Gasteiger charge is -2.09. The number of thiocarbonyl (C=S) groups is 1. The zero-order valence-electron chi connectivity index (χ0n) is 17.6. The third-order valence-electron chi connectivity index (χ3n) is 4.99. The molecule has 0 aliphatic carbocycles. The van der Waals surface area contributed by atoms with Crippen molar-refractivity contribution in [3.05, 3.63) is 93.6 Å². The number of aromatic nitrogens is 1. The Morgan fingerprint density at radius 1 is 0.914 bits per heavy atom. The van der Waals surface area contributed by atoms with Gasteiger partial charge in [0.15, 0.2) is 16.5 Å². The number of nitrogens with one attached hydrogen (secondary N) is 2. The quantitative estimate of drug-likeness (QED) is 0.225. The van der Waals surface area contributed by atoms with Crippen LogP contribution in [0.25, 0.3) is 33.9 Å². The molecule has 0 atom stereocenters. The second kappa shape index (κ2) is 9.71. The Morgan fingerprint density at radius 2 is 1.74 bits per heavy atom. The van der Waals surface area contributed by atoms with Gasteiger partial charge in [-0.1, -0.05) is 46.9 Å². The van der Waals surface area contributed by atoms with Crippen molar-refractivity contribution in [3.63, 3.8) is 0 Å². The maximum atomic E-state index is 12.6. The molecule has 0 radical (unpaired) electrons. The molecule has 0 fully saturated rings. The van der Waals surface area contributed by atoms with E-state index in [-0.39, 0.29) is 10.9 Å². The van der Waals surface area contributed by atoms with E-state index in [0.29, 0.717) is 49.1 Å². The normalized spacial score (nSPS) is 10.9. The fourth-order valence-electron chi connectivity index (χ4n) is 3.38. The average molecular weight is 543 g/mol. The predicted octanol–water partition coefficient (Wildman–Crippen LogP) is 7.84. The number of carbonyl (C=O) groups excluding carboxylic acids is 1. The summed E-state index contributed by atoms with van der Waals surface area (Å²) < 4.78 is 11.5. The summed E-state index contributed by atoms with van der Waals surface area (Å²) in [6.45, 7) is 0. The zero-order chi connectivity index (χ0) is 24.5. The Morgan fingerprint density at radius 3 is 2.60 bits per heavy atom. The molecule has 10 heteroatoms. The van der Waals surface area contributed by atoms with Crippen LogP contribution in [0.15, 0.2) is 81.6 Å². The number of nitrogens with zero attached hydrogens (tertiary/aromatic N) is 1. The maximum Gasteiger partial charge on any atom is 0.293 e. The molecule has 5 rings (SSSR count). The van der Waals surface area contributed by atoms with Gasteiger partial charge in [-0.2, -0.15) is 0 Å². The second-order valence-corrected chi connectivity index (χ2v) is 9.02.